The molecule has 1 saturated carbocycles. The number of carbonyl (C=O) groups is 2. The number of carbonyl (C=O) groups excluding carboxylic acids is 2. The number of hydrogen-bond acceptors (Lipinski definition) is 5. The molecule has 9 heteroatoms. The fourth-order valence-electron chi connectivity index (χ4n) is 5.15. The van der Waals surface area contributed by atoms with E-state index in [-0.39, 0.29) is 34.9 Å². The van der Waals surface area contributed by atoms with E-state index in [0.717, 1.165) is 25.1 Å². The van der Waals surface area contributed by atoms with Crippen molar-refractivity contribution in [1.29, 1.82) is 0 Å². The normalized spacial score (nSPS) is 25.7. The maximum atomic E-state index is 14.1. The van der Waals surface area contributed by atoms with Gasteiger partial charge < -0.3 is 14.7 Å². The molecule has 0 radical (unpaired) electrons. The van der Waals surface area contributed by atoms with Crippen LogP contribution in [0.15, 0.2) is 28.8 Å². The summed E-state index contributed by atoms with van der Waals surface area (Å²) < 4.78 is 32.4. The number of halogens is 2. The van der Waals surface area contributed by atoms with Crippen molar-refractivity contribution in [3.8, 4) is 11.3 Å². The Balaban J connectivity index is 1.48. The number of likely N-dealkylation sites (tertiary alicyclic amines) is 1. The lowest BCUT2D eigenvalue weighted by Gasteiger charge is -2.42. The van der Waals surface area contributed by atoms with Gasteiger partial charge in [0.2, 0.25) is 11.7 Å². The molecule has 2 aromatic rings. The SMILES string of the molecule is CC1CCCC1N1CC[C@@H](NC(=O)c2cc(-c3ccc(F)cc3F)no2)[C@H](C(=O)N(C)C)C1. The standard InChI is InChI=1S/C24H30F2N4O3/c1-14-5-4-6-21(14)30-10-9-19(17(13-30)24(32)29(2)3)27-23(31)22-12-20(28-33-22)16-8-7-15(25)11-18(16)26/h7-8,11-12,14,17,19,21H,4-6,9-10,13H2,1-3H3,(H,27,31)/t14?,17-,19-,21?/m1/s1. The molecule has 178 valence electrons. The van der Waals surface area contributed by atoms with E-state index in [0.29, 0.717) is 24.9 Å². The lowest BCUT2D eigenvalue weighted by Crippen LogP contribution is -2.57. The Bertz CT molecular complexity index is 1020. The lowest BCUT2D eigenvalue weighted by molar-refractivity contribution is -0.136. The van der Waals surface area contributed by atoms with Gasteiger partial charge in [0.15, 0.2) is 0 Å². The topological polar surface area (TPSA) is 78.7 Å². The number of nitrogens with one attached hydrogen (secondary N) is 1. The van der Waals surface area contributed by atoms with E-state index < -0.39 is 17.5 Å². The monoisotopic (exact) mass is 460 g/mol. The van der Waals surface area contributed by atoms with Crippen LogP contribution >= 0.6 is 0 Å². The average Bonchev–Trinajstić information content (AvgIpc) is 3.43. The summed E-state index contributed by atoms with van der Waals surface area (Å²) in [7, 11) is 3.44. The average molecular weight is 461 g/mol. The Morgan fingerprint density at radius 2 is 1.97 bits per heavy atom. The van der Waals surface area contributed by atoms with E-state index in [1.165, 1.54) is 25.0 Å². The highest BCUT2D eigenvalue weighted by molar-refractivity contribution is 5.93. The second-order valence-electron chi connectivity index (χ2n) is 9.38. The van der Waals surface area contributed by atoms with Crippen LogP contribution in [0, 0.1) is 23.5 Å². The first-order chi connectivity index (χ1) is 15.7. The number of benzene rings is 1. The first-order valence-electron chi connectivity index (χ1n) is 11.4. The fourth-order valence-corrected chi connectivity index (χ4v) is 5.15. The third kappa shape index (κ3) is 4.93. The Labute approximate surface area is 192 Å². The molecule has 1 aromatic heterocycles. The second-order valence-corrected chi connectivity index (χ2v) is 9.38. The molecule has 0 spiro atoms. The smallest absolute Gasteiger partial charge is 0.290 e. The van der Waals surface area contributed by atoms with Crippen molar-refractivity contribution in [3.05, 3.63) is 41.7 Å². The summed E-state index contributed by atoms with van der Waals surface area (Å²) in [6.07, 6.45) is 4.20. The van der Waals surface area contributed by atoms with Crippen LogP contribution < -0.4 is 5.32 Å². The minimum atomic E-state index is -0.791. The van der Waals surface area contributed by atoms with Gasteiger partial charge in [-0.2, -0.15) is 0 Å². The molecular weight excluding hydrogens is 430 g/mol. The van der Waals surface area contributed by atoms with E-state index in [1.54, 1.807) is 19.0 Å². The first-order valence-corrected chi connectivity index (χ1v) is 11.4. The maximum absolute atomic E-state index is 14.1. The van der Waals surface area contributed by atoms with Gasteiger partial charge in [-0.3, -0.25) is 14.5 Å². The molecule has 0 bridgehead atoms. The van der Waals surface area contributed by atoms with Crippen molar-refractivity contribution in [1.82, 2.24) is 20.3 Å². The van der Waals surface area contributed by atoms with Gasteiger partial charge in [0, 0.05) is 57.0 Å². The van der Waals surface area contributed by atoms with Crippen molar-refractivity contribution >= 4 is 11.8 Å². The molecule has 2 amide bonds. The van der Waals surface area contributed by atoms with Gasteiger partial charge in [-0.15, -0.1) is 0 Å². The van der Waals surface area contributed by atoms with E-state index in [2.05, 4.69) is 22.3 Å². The van der Waals surface area contributed by atoms with Crippen LogP contribution in [0.1, 0.15) is 43.2 Å². The van der Waals surface area contributed by atoms with Crippen LogP contribution in [0.2, 0.25) is 0 Å². The molecule has 1 aliphatic heterocycles. The summed E-state index contributed by atoms with van der Waals surface area (Å²) in [5, 5.41) is 6.70. The Morgan fingerprint density at radius 1 is 1.18 bits per heavy atom. The summed E-state index contributed by atoms with van der Waals surface area (Å²) in [6.45, 7) is 3.67. The number of rotatable bonds is 5. The molecule has 4 atom stereocenters. The highest BCUT2D eigenvalue weighted by atomic mass is 19.1. The van der Waals surface area contributed by atoms with Crippen LogP contribution in [-0.2, 0) is 4.79 Å². The molecule has 1 saturated heterocycles. The number of nitrogens with zero attached hydrogens (tertiary/aromatic N) is 3. The third-order valence-corrected chi connectivity index (χ3v) is 6.94. The number of aromatic nitrogens is 1. The zero-order valence-electron chi connectivity index (χ0n) is 19.2. The number of amides is 2. The summed E-state index contributed by atoms with van der Waals surface area (Å²) in [5.74, 6) is -1.89. The summed E-state index contributed by atoms with van der Waals surface area (Å²) >= 11 is 0. The molecule has 2 aliphatic rings. The van der Waals surface area contributed by atoms with Gasteiger partial charge in [-0.05, 0) is 37.3 Å². The third-order valence-electron chi connectivity index (χ3n) is 6.94. The molecule has 2 fully saturated rings. The van der Waals surface area contributed by atoms with Gasteiger partial charge in [-0.25, -0.2) is 8.78 Å². The molecule has 4 rings (SSSR count). The lowest BCUT2D eigenvalue weighted by atomic mass is 9.88. The second kappa shape index (κ2) is 9.59. The van der Waals surface area contributed by atoms with Crippen molar-refractivity contribution < 1.29 is 22.9 Å². The molecule has 1 aromatic carbocycles. The van der Waals surface area contributed by atoms with Gasteiger partial charge in [0.25, 0.3) is 5.91 Å². The molecular formula is C24H30F2N4O3. The predicted molar refractivity (Wildman–Crippen MR) is 118 cm³/mol. The number of hydrogen-bond donors (Lipinski definition) is 1. The van der Waals surface area contributed by atoms with Crippen molar-refractivity contribution in [2.24, 2.45) is 11.8 Å². The maximum Gasteiger partial charge on any atom is 0.290 e. The van der Waals surface area contributed by atoms with Crippen LogP contribution in [0.25, 0.3) is 11.3 Å². The van der Waals surface area contributed by atoms with Crippen molar-refractivity contribution in [2.45, 2.75) is 44.7 Å². The van der Waals surface area contributed by atoms with Crippen LogP contribution in [0.3, 0.4) is 0 Å². The van der Waals surface area contributed by atoms with Crippen molar-refractivity contribution in [2.75, 3.05) is 27.2 Å². The minimum Gasteiger partial charge on any atom is -0.350 e. The number of piperidine rings is 1. The Kier molecular flexibility index (Phi) is 6.78. The zero-order valence-corrected chi connectivity index (χ0v) is 19.2. The van der Waals surface area contributed by atoms with Gasteiger partial charge >= 0.3 is 0 Å². The van der Waals surface area contributed by atoms with Crippen molar-refractivity contribution in [3.63, 3.8) is 0 Å². The Morgan fingerprint density at radius 3 is 2.64 bits per heavy atom. The molecule has 2 heterocycles. The molecule has 1 N–H and O–H groups in total. The molecule has 2 unspecified atom stereocenters. The van der Waals surface area contributed by atoms with E-state index in [1.807, 2.05) is 0 Å². The summed E-state index contributed by atoms with van der Waals surface area (Å²) in [4.78, 5) is 29.8. The fraction of sp³-hybridized carbons (Fsp3) is 0.542. The van der Waals surface area contributed by atoms with E-state index in [9.17, 15) is 18.4 Å². The summed E-state index contributed by atoms with van der Waals surface area (Å²) in [6, 6.07) is 4.56. The quantitative estimate of drug-likeness (QED) is 0.741. The predicted octanol–water partition coefficient (Wildman–Crippen LogP) is 3.32. The zero-order chi connectivity index (χ0) is 23.7. The Hall–Kier alpha value is -2.81. The van der Waals surface area contributed by atoms with E-state index >= 15 is 0 Å². The first kappa shape index (κ1) is 23.4. The highest BCUT2D eigenvalue weighted by Crippen LogP contribution is 2.33. The highest BCUT2D eigenvalue weighted by Gasteiger charge is 2.40. The summed E-state index contributed by atoms with van der Waals surface area (Å²) in [5.41, 5.74) is 0.141. The van der Waals surface area contributed by atoms with E-state index in [4.69, 9.17) is 4.52 Å². The van der Waals surface area contributed by atoms with Crippen LogP contribution in [0.4, 0.5) is 8.78 Å². The van der Waals surface area contributed by atoms with Crippen LogP contribution in [0.5, 0.6) is 0 Å². The van der Waals surface area contributed by atoms with Crippen LogP contribution in [-0.4, -0.2) is 66.0 Å². The molecule has 33 heavy (non-hydrogen) atoms. The van der Waals surface area contributed by atoms with Gasteiger partial charge in [-0.1, -0.05) is 18.5 Å². The van der Waals surface area contributed by atoms with Gasteiger partial charge in [0.05, 0.1) is 5.92 Å². The van der Waals surface area contributed by atoms with Gasteiger partial charge in [0.1, 0.15) is 17.3 Å². The largest absolute Gasteiger partial charge is 0.350 e. The molecule has 1 aliphatic carbocycles. The molecule has 7 nitrogen and oxygen atoms in total. The minimum absolute atomic E-state index is 0.0257.